The number of pyridine rings is 1. The van der Waals surface area contributed by atoms with Gasteiger partial charge in [0.2, 0.25) is 5.75 Å². The number of hydrogen-bond donors (Lipinski definition) is 3. The van der Waals surface area contributed by atoms with Gasteiger partial charge in [-0.1, -0.05) is 6.42 Å². The van der Waals surface area contributed by atoms with E-state index < -0.39 is 5.66 Å². The molecule has 1 fully saturated rings. The Kier molecular flexibility index (Phi) is 4.01. The van der Waals surface area contributed by atoms with Crippen LogP contribution in [0.5, 0.6) is 5.75 Å². The number of nitrogens with one attached hydrogen (secondary N) is 2. The molecule has 3 heterocycles. The van der Waals surface area contributed by atoms with Crippen LogP contribution in [0.2, 0.25) is 0 Å². The summed E-state index contributed by atoms with van der Waals surface area (Å²) in [5, 5.41) is 6.08. The minimum Gasteiger partial charge on any atom is -0.490 e. The smallest absolute Gasteiger partial charge is 0.276 e. The number of methoxy groups -OCH3 is 1. The van der Waals surface area contributed by atoms with Crippen molar-refractivity contribution in [2.75, 3.05) is 18.2 Å². The summed E-state index contributed by atoms with van der Waals surface area (Å²) >= 11 is 0. The lowest BCUT2D eigenvalue weighted by molar-refractivity contribution is 0.0876. The number of nitrogens with two attached hydrogens (primary N) is 1. The minimum absolute atomic E-state index is 0.175. The first-order valence-electron chi connectivity index (χ1n) is 8.98. The summed E-state index contributed by atoms with van der Waals surface area (Å²) in [7, 11) is 1.46. The molecule has 0 atom stereocenters. The highest BCUT2D eigenvalue weighted by atomic mass is 16.5. The molecule has 0 unspecified atom stereocenters. The summed E-state index contributed by atoms with van der Waals surface area (Å²) in [4.78, 5) is 33.9. The number of aromatic nitrogens is 3. The van der Waals surface area contributed by atoms with Gasteiger partial charge >= 0.3 is 0 Å². The maximum atomic E-state index is 13.3. The Bertz CT molecular complexity index is 978. The second-order valence-corrected chi connectivity index (χ2v) is 7.04. The molecule has 2 aromatic heterocycles. The SMILES string of the molecule is COc1c(N)ncnc1Nc1cc(C)c2n(c1=O)C1(CCCCC1)NC2=O. The van der Waals surface area contributed by atoms with Crippen molar-refractivity contribution >= 4 is 23.2 Å². The lowest BCUT2D eigenvalue weighted by atomic mass is 9.89. The number of ether oxygens (including phenoxy) is 1. The van der Waals surface area contributed by atoms with E-state index in [1.54, 1.807) is 10.6 Å². The van der Waals surface area contributed by atoms with Gasteiger partial charge in [0.25, 0.3) is 11.5 Å². The van der Waals surface area contributed by atoms with Crippen molar-refractivity contribution in [1.29, 1.82) is 0 Å². The van der Waals surface area contributed by atoms with Gasteiger partial charge in [0.05, 0.1) is 7.11 Å². The average molecular weight is 370 g/mol. The molecule has 1 aliphatic heterocycles. The summed E-state index contributed by atoms with van der Waals surface area (Å²) in [5.41, 5.74) is 6.38. The molecular weight excluding hydrogens is 348 g/mol. The molecule has 1 aliphatic carbocycles. The molecule has 9 nitrogen and oxygen atoms in total. The Morgan fingerprint density at radius 1 is 1.26 bits per heavy atom. The van der Waals surface area contributed by atoms with Crippen molar-refractivity contribution in [1.82, 2.24) is 19.9 Å². The van der Waals surface area contributed by atoms with Gasteiger partial charge in [0, 0.05) is 0 Å². The molecule has 27 heavy (non-hydrogen) atoms. The number of carbonyl (C=O) groups is 1. The van der Waals surface area contributed by atoms with Gasteiger partial charge in [-0.3, -0.25) is 14.2 Å². The average Bonchev–Trinajstić information content (AvgIpc) is 2.92. The number of rotatable bonds is 3. The summed E-state index contributed by atoms with van der Waals surface area (Å²) in [6.45, 7) is 1.82. The summed E-state index contributed by atoms with van der Waals surface area (Å²) in [5.74, 6) is 0.550. The first-order chi connectivity index (χ1) is 13.0. The van der Waals surface area contributed by atoms with Gasteiger partial charge in [-0.15, -0.1) is 0 Å². The van der Waals surface area contributed by atoms with Gasteiger partial charge in [-0.2, -0.15) is 0 Å². The highest BCUT2D eigenvalue weighted by Gasteiger charge is 2.45. The molecule has 2 aliphatic rings. The third-order valence-electron chi connectivity index (χ3n) is 5.35. The molecule has 142 valence electrons. The fourth-order valence-corrected chi connectivity index (χ4v) is 4.14. The minimum atomic E-state index is -0.640. The van der Waals surface area contributed by atoms with Crippen LogP contribution in [0.25, 0.3) is 0 Å². The quantitative estimate of drug-likeness (QED) is 0.750. The normalized spacial score (nSPS) is 17.5. The second kappa shape index (κ2) is 6.26. The van der Waals surface area contributed by atoms with Gasteiger partial charge < -0.3 is 21.1 Å². The predicted molar refractivity (Wildman–Crippen MR) is 100 cm³/mol. The van der Waals surface area contributed by atoms with E-state index in [-0.39, 0.29) is 23.0 Å². The maximum Gasteiger partial charge on any atom is 0.276 e. The topological polar surface area (TPSA) is 124 Å². The Morgan fingerprint density at radius 3 is 2.70 bits per heavy atom. The largest absolute Gasteiger partial charge is 0.490 e. The Balaban J connectivity index is 1.85. The van der Waals surface area contributed by atoms with Crippen molar-refractivity contribution in [2.45, 2.75) is 44.7 Å². The molecule has 1 spiro atoms. The van der Waals surface area contributed by atoms with Crippen LogP contribution in [-0.4, -0.2) is 27.6 Å². The third-order valence-corrected chi connectivity index (χ3v) is 5.35. The van der Waals surface area contributed by atoms with Crippen LogP contribution in [0.15, 0.2) is 17.2 Å². The molecule has 0 saturated heterocycles. The standard InChI is InChI=1S/C18H22N6O3/c1-10-8-11(22-15-13(27-2)14(19)20-9-21-15)17(26)24-12(10)16(25)23-18(24)6-4-3-5-7-18/h8-9H,3-7H2,1-2H3,(H,23,25)(H3,19,20,21,22). The van der Waals surface area contributed by atoms with E-state index in [1.807, 2.05) is 6.92 Å². The van der Waals surface area contributed by atoms with Gasteiger partial charge in [0.1, 0.15) is 23.4 Å². The highest BCUT2D eigenvalue weighted by molar-refractivity contribution is 5.97. The molecule has 2 aromatic rings. The highest BCUT2D eigenvalue weighted by Crippen LogP contribution is 2.38. The number of aryl methyl sites for hydroxylation is 1. The van der Waals surface area contributed by atoms with Crippen LogP contribution in [0.1, 0.15) is 48.2 Å². The van der Waals surface area contributed by atoms with Gasteiger partial charge in [-0.05, 0) is 44.2 Å². The van der Waals surface area contributed by atoms with E-state index in [0.29, 0.717) is 17.2 Å². The van der Waals surface area contributed by atoms with Crippen LogP contribution in [0.3, 0.4) is 0 Å². The van der Waals surface area contributed by atoms with Crippen LogP contribution in [-0.2, 0) is 5.66 Å². The predicted octanol–water partition coefficient (Wildman–Crippen LogP) is 1.64. The Hall–Kier alpha value is -3.10. The third kappa shape index (κ3) is 2.61. The molecule has 9 heteroatoms. The molecule has 4 rings (SSSR count). The molecule has 0 radical (unpaired) electrons. The summed E-state index contributed by atoms with van der Waals surface area (Å²) < 4.78 is 6.88. The number of fused-ring (bicyclic) bond motifs is 2. The lowest BCUT2D eigenvalue weighted by Crippen LogP contribution is -2.48. The summed E-state index contributed by atoms with van der Waals surface area (Å²) in [6, 6.07) is 1.66. The van der Waals surface area contributed by atoms with Crippen molar-refractivity contribution in [3.05, 3.63) is 34.0 Å². The number of carbonyl (C=O) groups excluding carboxylic acids is 1. The van der Waals surface area contributed by atoms with E-state index in [4.69, 9.17) is 10.5 Å². The molecular formula is C18H22N6O3. The Morgan fingerprint density at radius 2 is 2.00 bits per heavy atom. The van der Waals surface area contributed by atoms with Crippen molar-refractivity contribution < 1.29 is 9.53 Å². The molecule has 0 aromatic carbocycles. The van der Waals surface area contributed by atoms with E-state index >= 15 is 0 Å². The van der Waals surface area contributed by atoms with E-state index in [0.717, 1.165) is 37.7 Å². The molecule has 1 saturated carbocycles. The fraction of sp³-hybridized carbons (Fsp3) is 0.444. The van der Waals surface area contributed by atoms with E-state index in [1.165, 1.54) is 13.4 Å². The van der Waals surface area contributed by atoms with Gasteiger partial charge in [-0.25, -0.2) is 9.97 Å². The van der Waals surface area contributed by atoms with Crippen LogP contribution < -0.4 is 26.7 Å². The van der Waals surface area contributed by atoms with Crippen molar-refractivity contribution in [3.8, 4) is 5.75 Å². The maximum absolute atomic E-state index is 13.3. The zero-order valence-electron chi connectivity index (χ0n) is 15.3. The zero-order valence-corrected chi connectivity index (χ0v) is 15.3. The number of amides is 1. The first kappa shape index (κ1) is 17.3. The van der Waals surface area contributed by atoms with E-state index in [9.17, 15) is 9.59 Å². The Labute approximate surface area is 156 Å². The monoisotopic (exact) mass is 370 g/mol. The van der Waals surface area contributed by atoms with Crippen molar-refractivity contribution in [2.24, 2.45) is 0 Å². The molecule has 4 N–H and O–H groups in total. The number of anilines is 3. The lowest BCUT2D eigenvalue weighted by Gasteiger charge is -2.35. The first-order valence-corrected chi connectivity index (χ1v) is 8.98. The van der Waals surface area contributed by atoms with Crippen LogP contribution >= 0.6 is 0 Å². The van der Waals surface area contributed by atoms with Crippen LogP contribution in [0.4, 0.5) is 17.3 Å². The van der Waals surface area contributed by atoms with Crippen molar-refractivity contribution in [3.63, 3.8) is 0 Å². The summed E-state index contributed by atoms with van der Waals surface area (Å²) in [6.07, 6.45) is 5.84. The fourth-order valence-electron chi connectivity index (χ4n) is 4.14. The van der Waals surface area contributed by atoms with E-state index in [2.05, 4.69) is 20.6 Å². The zero-order chi connectivity index (χ0) is 19.2. The van der Waals surface area contributed by atoms with Crippen LogP contribution in [0, 0.1) is 6.92 Å². The van der Waals surface area contributed by atoms with Gasteiger partial charge in [0.15, 0.2) is 11.6 Å². The second-order valence-electron chi connectivity index (χ2n) is 7.04. The molecule has 1 amide bonds. The number of hydrogen-bond acceptors (Lipinski definition) is 7. The number of nitrogens with zero attached hydrogens (tertiary/aromatic N) is 3. The molecule has 0 bridgehead atoms. The number of nitrogen functional groups attached to an aromatic ring is 1.